The Morgan fingerprint density at radius 2 is 2.43 bits per heavy atom. The molecular formula is C9H17N3S2. The fourth-order valence-electron chi connectivity index (χ4n) is 0.974. The molecule has 80 valence electrons. The monoisotopic (exact) mass is 231 g/mol. The fraction of sp³-hybridized carbons (Fsp3) is 0.778. The van der Waals surface area contributed by atoms with E-state index in [1.165, 1.54) is 18.0 Å². The van der Waals surface area contributed by atoms with Crippen LogP contribution in [0.5, 0.6) is 0 Å². The molecule has 0 radical (unpaired) electrons. The second-order valence-corrected chi connectivity index (χ2v) is 5.63. The summed E-state index contributed by atoms with van der Waals surface area (Å²) in [5.74, 6) is 1.87. The third-order valence-electron chi connectivity index (χ3n) is 1.62. The third-order valence-corrected chi connectivity index (χ3v) is 3.50. The Hall–Kier alpha value is -0.130. The molecule has 0 bridgehead atoms. The molecule has 0 saturated heterocycles. The van der Waals surface area contributed by atoms with Gasteiger partial charge in [0.05, 0.1) is 0 Å². The summed E-state index contributed by atoms with van der Waals surface area (Å²) in [5.41, 5.74) is 0. The van der Waals surface area contributed by atoms with Gasteiger partial charge in [0, 0.05) is 5.75 Å². The Morgan fingerprint density at radius 3 is 3.07 bits per heavy atom. The van der Waals surface area contributed by atoms with Crippen molar-refractivity contribution in [1.29, 1.82) is 0 Å². The highest BCUT2D eigenvalue weighted by Gasteiger charge is 1.97. The first kappa shape index (κ1) is 11.9. The summed E-state index contributed by atoms with van der Waals surface area (Å²) in [6.07, 6.45) is 2.81. The predicted molar refractivity (Wildman–Crippen MR) is 63.0 cm³/mol. The van der Waals surface area contributed by atoms with Crippen molar-refractivity contribution in [3.05, 3.63) is 6.33 Å². The highest BCUT2D eigenvalue weighted by molar-refractivity contribution is 8.00. The maximum atomic E-state index is 4.11. The Labute approximate surface area is 93.9 Å². The zero-order valence-corrected chi connectivity index (χ0v) is 10.3. The van der Waals surface area contributed by atoms with Crippen molar-refractivity contribution in [3.63, 3.8) is 0 Å². The van der Waals surface area contributed by atoms with E-state index in [9.17, 15) is 0 Å². The zero-order chi connectivity index (χ0) is 10.2. The van der Waals surface area contributed by atoms with Crippen molar-refractivity contribution in [2.45, 2.75) is 24.6 Å². The van der Waals surface area contributed by atoms with Gasteiger partial charge >= 0.3 is 0 Å². The number of hydrogen-bond acceptors (Lipinski definition) is 5. The molecule has 5 heteroatoms. The van der Waals surface area contributed by atoms with Crippen LogP contribution < -0.4 is 5.32 Å². The summed E-state index contributed by atoms with van der Waals surface area (Å²) in [6, 6.07) is 0. The van der Waals surface area contributed by atoms with Crippen LogP contribution in [0.3, 0.4) is 0 Å². The highest BCUT2D eigenvalue weighted by Crippen LogP contribution is 2.18. The summed E-state index contributed by atoms with van der Waals surface area (Å²) in [5, 5.41) is 3.42. The van der Waals surface area contributed by atoms with E-state index in [1.807, 2.05) is 0 Å². The molecule has 0 aliphatic carbocycles. The van der Waals surface area contributed by atoms with Crippen LogP contribution in [0.25, 0.3) is 0 Å². The van der Waals surface area contributed by atoms with E-state index in [2.05, 4.69) is 28.5 Å². The molecule has 0 aliphatic heterocycles. The fourth-order valence-corrected chi connectivity index (χ4v) is 2.43. The van der Waals surface area contributed by atoms with E-state index in [-0.39, 0.29) is 0 Å². The third kappa shape index (κ3) is 5.57. The minimum atomic E-state index is 0.741. The van der Waals surface area contributed by atoms with Crippen molar-refractivity contribution in [2.24, 2.45) is 5.92 Å². The highest BCUT2D eigenvalue weighted by atomic mass is 32.2. The van der Waals surface area contributed by atoms with E-state index in [0.29, 0.717) is 0 Å². The van der Waals surface area contributed by atoms with Gasteiger partial charge in [-0.05, 0) is 37.0 Å². The zero-order valence-electron chi connectivity index (χ0n) is 8.69. The molecule has 0 unspecified atom stereocenters. The van der Waals surface area contributed by atoms with Crippen LogP contribution in [0, 0.1) is 5.92 Å². The summed E-state index contributed by atoms with van der Waals surface area (Å²) < 4.78 is 5.03. The van der Waals surface area contributed by atoms with Crippen LogP contribution in [0.4, 0.5) is 0 Å². The number of nitrogens with one attached hydrogen (secondary N) is 1. The number of hydrogen-bond donors (Lipinski definition) is 1. The van der Waals surface area contributed by atoms with Gasteiger partial charge in [-0.15, -0.1) is 0 Å². The average Bonchev–Trinajstić information content (AvgIpc) is 2.63. The molecule has 3 nitrogen and oxygen atoms in total. The molecule has 0 atom stereocenters. The first-order valence-corrected chi connectivity index (χ1v) is 6.65. The Balaban J connectivity index is 1.90. The molecule has 0 fully saturated rings. The van der Waals surface area contributed by atoms with Gasteiger partial charge in [0.1, 0.15) is 6.33 Å². The van der Waals surface area contributed by atoms with Crippen molar-refractivity contribution < 1.29 is 0 Å². The van der Waals surface area contributed by atoms with Gasteiger partial charge in [-0.3, -0.25) is 0 Å². The van der Waals surface area contributed by atoms with Crippen LogP contribution in [0.1, 0.15) is 20.3 Å². The Morgan fingerprint density at radius 1 is 1.57 bits per heavy atom. The lowest BCUT2D eigenvalue weighted by atomic mass is 10.2. The van der Waals surface area contributed by atoms with Gasteiger partial charge in [-0.25, -0.2) is 4.98 Å². The van der Waals surface area contributed by atoms with Gasteiger partial charge in [0.15, 0.2) is 4.34 Å². The maximum absolute atomic E-state index is 4.11. The minimum absolute atomic E-state index is 0.741. The van der Waals surface area contributed by atoms with Crippen LogP contribution in [-0.4, -0.2) is 28.2 Å². The van der Waals surface area contributed by atoms with Crippen LogP contribution in [0.15, 0.2) is 10.7 Å². The van der Waals surface area contributed by atoms with Gasteiger partial charge in [0.2, 0.25) is 0 Å². The summed E-state index contributed by atoms with van der Waals surface area (Å²) >= 11 is 3.26. The van der Waals surface area contributed by atoms with E-state index >= 15 is 0 Å². The summed E-state index contributed by atoms with van der Waals surface area (Å²) in [6.45, 7) is 6.67. The maximum Gasteiger partial charge on any atom is 0.169 e. The number of aromatic nitrogens is 2. The molecule has 1 heterocycles. The van der Waals surface area contributed by atoms with Crippen LogP contribution in [0.2, 0.25) is 0 Å². The molecule has 0 aliphatic rings. The summed E-state index contributed by atoms with van der Waals surface area (Å²) in [7, 11) is 0. The topological polar surface area (TPSA) is 37.8 Å². The van der Waals surface area contributed by atoms with Gasteiger partial charge in [-0.1, -0.05) is 25.6 Å². The standard InChI is InChI=1S/C9H17N3S2/c1-8(2)6-10-4-3-5-13-9-11-7-12-14-9/h7-8,10H,3-6H2,1-2H3. The second-order valence-electron chi connectivity index (χ2n) is 3.51. The van der Waals surface area contributed by atoms with E-state index in [1.54, 1.807) is 18.1 Å². The first-order chi connectivity index (χ1) is 6.79. The number of nitrogens with zero attached hydrogens (tertiary/aromatic N) is 2. The molecule has 1 aromatic rings. The van der Waals surface area contributed by atoms with Crippen LogP contribution >= 0.6 is 23.3 Å². The lowest BCUT2D eigenvalue weighted by Crippen LogP contribution is -2.20. The molecule has 14 heavy (non-hydrogen) atoms. The van der Waals surface area contributed by atoms with Gasteiger partial charge in [0.25, 0.3) is 0 Å². The molecule has 1 aromatic heterocycles. The quantitative estimate of drug-likeness (QED) is 0.577. The molecule has 1 N–H and O–H groups in total. The van der Waals surface area contributed by atoms with Crippen LogP contribution in [-0.2, 0) is 0 Å². The van der Waals surface area contributed by atoms with Gasteiger partial charge < -0.3 is 5.32 Å². The lowest BCUT2D eigenvalue weighted by Gasteiger charge is -2.05. The molecule has 1 rings (SSSR count). The van der Waals surface area contributed by atoms with E-state index in [0.717, 1.165) is 29.1 Å². The molecule has 0 amide bonds. The average molecular weight is 231 g/mol. The Kier molecular flexibility index (Phi) is 6.14. The van der Waals surface area contributed by atoms with Crippen molar-refractivity contribution in [2.75, 3.05) is 18.8 Å². The molecule has 0 saturated carbocycles. The van der Waals surface area contributed by atoms with E-state index < -0.39 is 0 Å². The number of thioether (sulfide) groups is 1. The summed E-state index contributed by atoms with van der Waals surface area (Å²) in [4.78, 5) is 4.11. The SMILES string of the molecule is CC(C)CNCCCSc1ncns1. The molecule has 0 aromatic carbocycles. The van der Waals surface area contributed by atoms with Gasteiger partial charge in [-0.2, -0.15) is 4.37 Å². The largest absolute Gasteiger partial charge is 0.316 e. The normalized spacial score (nSPS) is 11.1. The smallest absolute Gasteiger partial charge is 0.169 e. The predicted octanol–water partition coefficient (Wildman–Crippen LogP) is 2.27. The van der Waals surface area contributed by atoms with E-state index in [4.69, 9.17) is 0 Å². The first-order valence-electron chi connectivity index (χ1n) is 4.89. The van der Waals surface area contributed by atoms with Crippen molar-refractivity contribution in [1.82, 2.24) is 14.7 Å². The number of rotatable bonds is 7. The molecular weight excluding hydrogens is 214 g/mol. The van der Waals surface area contributed by atoms with Crippen molar-refractivity contribution >= 4 is 23.3 Å². The minimum Gasteiger partial charge on any atom is -0.316 e. The lowest BCUT2D eigenvalue weighted by molar-refractivity contribution is 0.552. The van der Waals surface area contributed by atoms with Crippen molar-refractivity contribution in [3.8, 4) is 0 Å². The second kappa shape index (κ2) is 7.20. The molecule has 0 spiro atoms. The Bertz CT molecular complexity index is 224.